The highest BCUT2D eigenvalue weighted by Crippen LogP contribution is 2.50. The van der Waals surface area contributed by atoms with Crippen LogP contribution in [0.1, 0.15) is 23.6 Å². The van der Waals surface area contributed by atoms with Gasteiger partial charge < -0.3 is 4.74 Å². The van der Waals surface area contributed by atoms with Crippen LogP contribution in [0.3, 0.4) is 0 Å². The molecule has 1 aliphatic carbocycles. The Morgan fingerprint density at radius 1 is 1.00 bits per heavy atom. The number of rotatable bonds is 2. The highest BCUT2D eigenvalue weighted by atomic mass is 19.4. The number of alkyl halides is 3. The minimum atomic E-state index is -4.38. The van der Waals surface area contributed by atoms with Crippen molar-refractivity contribution in [3.05, 3.63) is 71.3 Å². The van der Waals surface area contributed by atoms with E-state index in [-0.39, 0.29) is 5.56 Å². The largest absolute Gasteiger partial charge is 0.497 e. The minimum absolute atomic E-state index is 0.222. The number of hydrogen-bond acceptors (Lipinski definition) is 1. The van der Waals surface area contributed by atoms with Crippen molar-refractivity contribution in [2.45, 2.75) is 18.5 Å². The summed E-state index contributed by atoms with van der Waals surface area (Å²) in [5.74, 6) is 0.553. The second kappa shape index (κ2) is 4.90. The number of hydrogen-bond donors (Lipinski definition) is 0. The van der Waals surface area contributed by atoms with Crippen LogP contribution in [-0.2, 0) is 5.41 Å². The molecule has 0 aromatic heterocycles. The van der Waals surface area contributed by atoms with Gasteiger partial charge in [-0.25, -0.2) is 0 Å². The van der Waals surface area contributed by atoms with E-state index in [1.165, 1.54) is 19.3 Å². The molecular formula is C18H15F3O. The van der Waals surface area contributed by atoms with E-state index in [4.69, 9.17) is 4.74 Å². The molecule has 22 heavy (non-hydrogen) atoms. The van der Waals surface area contributed by atoms with Gasteiger partial charge in [0.1, 0.15) is 5.75 Å². The molecule has 0 saturated heterocycles. The number of allylic oxidation sites excluding steroid dienone is 2. The number of methoxy groups -OCH3 is 1. The van der Waals surface area contributed by atoms with Gasteiger partial charge in [-0.2, -0.15) is 13.2 Å². The quantitative estimate of drug-likeness (QED) is 0.762. The van der Waals surface area contributed by atoms with Gasteiger partial charge in [0, 0.05) is 5.41 Å². The van der Waals surface area contributed by atoms with Crippen LogP contribution in [0.5, 0.6) is 5.75 Å². The molecule has 0 spiro atoms. The molecule has 4 heteroatoms. The van der Waals surface area contributed by atoms with Gasteiger partial charge in [-0.1, -0.05) is 42.5 Å². The van der Waals surface area contributed by atoms with Gasteiger partial charge in [-0.05, 0) is 35.7 Å². The van der Waals surface area contributed by atoms with E-state index in [0.717, 1.165) is 5.56 Å². The summed E-state index contributed by atoms with van der Waals surface area (Å²) in [7, 11) is 1.51. The molecule has 3 rings (SSSR count). The van der Waals surface area contributed by atoms with Crippen molar-refractivity contribution in [3.8, 4) is 5.75 Å². The molecule has 1 atom stereocenters. The van der Waals surface area contributed by atoms with Gasteiger partial charge >= 0.3 is 6.18 Å². The first-order chi connectivity index (χ1) is 10.4. The molecule has 0 N–H and O–H groups in total. The summed E-state index contributed by atoms with van der Waals surface area (Å²) in [6, 6.07) is 14.0. The molecule has 0 fully saturated rings. The third-order valence-corrected chi connectivity index (χ3v) is 4.19. The highest BCUT2D eigenvalue weighted by Gasteiger charge is 2.45. The number of ether oxygens (including phenoxy) is 1. The lowest BCUT2D eigenvalue weighted by molar-refractivity contribution is -0.0688. The Morgan fingerprint density at radius 3 is 2.27 bits per heavy atom. The lowest BCUT2D eigenvalue weighted by Gasteiger charge is -2.25. The standard InChI is InChI=1S/C18H15F3O/c1-17(12-6-4-3-5-7-12)11-16(18(19,20)21)14-9-8-13(22-2)10-15(14)17/h3-11H,1-2H3. The maximum atomic E-state index is 13.4. The molecule has 2 aromatic rings. The Hall–Kier alpha value is -2.23. The van der Waals surface area contributed by atoms with Crippen LogP contribution >= 0.6 is 0 Å². The second-order valence-corrected chi connectivity index (χ2v) is 5.54. The van der Waals surface area contributed by atoms with Crippen LogP contribution in [0, 0.1) is 0 Å². The van der Waals surface area contributed by atoms with E-state index < -0.39 is 17.2 Å². The van der Waals surface area contributed by atoms with Crippen LogP contribution in [-0.4, -0.2) is 13.3 Å². The smallest absolute Gasteiger partial charge is 0.416 e. The summed E-state index contributed by atoms with van der Waals surface area (Å²) < 4.78 is 45.3. The third kappa shape index (κ3) is 2.19. The zero-order valence-electron chi connectivity index (χ0n) is 12.2. The van der Waals surface area contributed by atoms with Crippen molar-refractivity contribution in [3.63, 3.8) is 0 Å². The van der Waals surface area contributed by atoms with Crippen LogP contribution in [0.4, 0.5) is 13.2 Å². The molecule has 0 bridgehead atoms. The van der Waals surface area contributed by atoms with Crippen molar-refractivity contribution >= 4 is 5.57 Å². The van der Waals surface area contributed by atoms with Gasteiger partial charge in [0.05, 0.1) is 12.7 Å². The summed E-state index contributed by atoms with van der Waals surface area (Å²) >= 11 is 0. The van der Waals surface area contributed by atoms with Gasteiger partial charge in [-0.15, -0.1) is 0 Å². The maximum Gasteiger partial charge on any atom is 0.416 e. The first-order valence-corrected chi connectivity index (χ1v) is 6.91. The fourth-order valence-corrected chi connectivity index (χ4v) is 3.02. The zero-order valence-corrected chi connectivity index (χ0v) is 12.2. The molecule has 0 saturated carbocycles. The van der Waals surface area contributed by atoms with Gasteiger partial charge in [0.15, 0.2) is 0 Å². The summed E-state index contributed by atoms with van der Waals surface area (Å²) in [6.07, 6.45) is -3.07. The average molecular weight is 304 g/mol. The highest BCUT2D eigenvalue weighted by molar-refractivity contribution is 5.81. The van der Waals surface area contributed by atoms with Crippen molar-refractivity contribution in [1.82, 2.24) is 0 Å². The Balaban J connectivity index is 2.27. The molecule has 2 aromatic carbocycles. The van der Waals surface area contributed by atoms with Crippen LogP contribution in [0.15, 0.2) is 54.6 Å². The third-order valence-electron chi connectivity index (χ3n) is 4.19. The van der Waals surface area contributed by atoms with Crippen molar-refractivity contribution < 1.29 is 17.9 Å². The van der Waals surface area contributed by atoms with Crippen molar-refractivity contribution in [2.75, 3.05) is 7.11 Å². The minimum Gasteiger partial charge on any atom is -0.497 e. The molecule has 1 unspecified atom stereocenters. The van der Waals surface area contributed by atoms with E-state index in [2.05, 4.69) is 0 Å². The molecule has 1 aliphatic rings. The number of halogens is 3. The lowest BCUT2D eigenvalue weighted by atomic mass is 9.78. The van der Waals surface area contributed by atoms with Crippen molar-refractivity contribution in [2.24, 2.45) is 0 Å². The monoisotopic (exact) mass is 304 g/mol. The van der Waals surface area contributed by atoms with Gasteiger partial charge in [0.2, 0.25) is 0 Å². The predicted molar refractivity (Wildman–Crippen MR) is 79.9 cm³/mol. The van der Waals surface area contributed by atoms with Crippen LogP contribution < -0.4 is 4.74 Å². The van der Waals surface area contributed by atoms with E-state index in [9.17, 15) is 13.2 Å². The van der Waals surface area contributed by atoms with E-state index in [0.29, 0.717) is 11.3 Å². The molecule has 0 heterocycles. The van der Waals surface area contributed by atoms with Gasteiger partial charge in [-0.3, -0.25) is 0 Å². The Kier molecular flexibility index (Phi) is 3.28. The Labute approximate surface area is 127 Å². The molecule has 0 amide bonds. The first-order valence-electron chi connectivity index (χ1n) is 6.91. The second-order valence-electron chi connectivity index (χ2n) is 5.54. The first kappa shape index (κ1) is 14.7. The topological polar surface area (TPSA) is 9.23 Å². The summed E-state index contributed by atoms with van der Waals surface area (Å²) in [5, 5.41) is 0. The van der Waals surface area contributed by atoms with Gasteiger partial charge in [0.25, 0.3) is 0 Å². The SMILES string of the molecule is COc1ccc2c(c1)C(C)(c1ccccc1)C=C2C(F)(F)F. The number of benzene rings is 2. The number of fused-ring (bicyclic) bond motifs is 1. The summed E-state index contributed by atoms with van der Waals surface area (Å²) in [5.41, 5.74) is 0.251. The fraction of sp³-hybridized carbons (Fsp3) is 0.222. The molecule has 1 nitrogen and oxygen atoms in total. The van der Waals surface area contributed by atoms with E-state index in [1.54, 1.807) is 19.1 Å². The predicted octanol–water partition coefficient (Wildman–Crippen LogP) is 4.96. The van der Waals surface area contributed by atoms with Crippen LogP contribution in [0.25, 0.3) is 5.57 Å². The van der Waals surface area contributed by atoms with E-state index >= 15 is 0 Å². The normalized spacial score (nSPS) is 20.5. The Morgan fingerprint density at radius 2 is 1.68 bits per heavy atom. The maximum absolute atomic E-state index is 13.4. The zero-order chi connectivity index (χ0) is 16.0. The lowest BCUT2D eigenvalue weighted by Crippen LogP contribution is -2.18. The molecule has 114 valence electrons. The summed E-state index contributed by atoms with van der Waals surface area (Å²) in [4.78, 5) is 0. The average Bonchev–Trinajstić information content (AvgIpc) is 2.82. The van der Waals surface area contributed by atoms with E-state index in [1.807, 2.05) is 30.3 Å². The molecule has 0 aliphatic heterocycles. The molecule has 0 radical (unpaired) electrons. The summed E-state index contributed by atoms with van der Waals surface area (Å²) in [6.45, 7) is 1.80. The molecular weight excluding hydrogens is 289 g/mol. The van der Waals surface area contributed by atoms with Crippen molar-refractivity contribution in [1.29, 1.82) is 0 Å². The Bertz CT molecular complexity index is 732. The fourth-order valence-electron chi connectivity index (χ4n) is 3.02. The van der Waals surface area contributed by atoms with Crippen LogP contribution in [0.2, 0.25) is 0 Å².